The van der Waals surface area contributed by atoms with Crippen LogP contribution in [0.5, 0.6) is 0 Å². The van der Waals surface area contributed by atoms with Crippen LogP contribution >= 0.6 is 15.9 Å². The summed E-state index contributed by atoms with van der Waals surface area (Å²) in [5.41, 5.74) is 1.89. The lowest BCUT2D eigenvalue weighted by atomic mass is 9.89. The first kappa shape index (κ1) is 15.6. The molecule has 1 fully saturated rings. The van der Waals surface area contributed by atoms with Crippen LogP contribution in [0.1, 0.15) is 49.0 Å². The molecular formula is C17H24BrNO. The molecule has 110 valence electrons. The number of aryl methyl sites for hydroxylation is 1. The molecule has 0 radical (unpaired) electrons. The van der Waals surface area contributed by atoms with E-state index in [2.05, 4.69) is 29.8 Å². The molecular weight excluding hydrogens is 314 g/mol. The van der Waals surface area contributed by atoms with E-state index < -0.39 is 0 Å². The third kappa shape index (κ3) is 3.63. The summed E-state index contributed by atoms with van der Waals surface area (Å²) in [7, 11) is 0. The zero-order chi connectivity index (χ0) is 14.7. The van der Waals surface area contributed by atoms with Gasteiger partial charge in [0.25, 0.3) is 5.91 Å². The second kappa shape index (κ2) is 6.75. The van der Waals surface area contributed by atoms with Crippen molar-refractivity contribution in [3.8, 4) is 0 Å². The lowest BCUT2D eigenvalue weighted by Gasteiger charge is -2.22. The largest absolute Gasteiger partial charge is 0.339 e. The van der Waals surface area contributed by atoms with Gasteiger partial charge in [0.1, 0.15) is 0 Å². The molecule has 1 atom stereocenters. The van der Waals surface area contributed by atoms with Crippen LogP contribution in [0.15, 0.2) is 22.7 Å². The van der Waals surface area contributed by atoms with Crippen LogP contribution in [0.25, 0.3) is 0 Å². The fraction of sp³-hybridized carbons (Fsp3) is 0.588. The lowest BCUT2D eigenvalue weighted by molar-refractivity contribution is 0.0758. The number of halogens is 1. The SMILES string of the molecule is Cc1ccc(Br)cc1C(=O)N1CCCC(C(C)C)CC1. The normalized spacial score (nSPS) is 20.1. The van der Waals surface area contributed by atoms with Gasteiger partial charge in [-0.1, -0.05) is 35.8 Å². The predicted molar refractivity (Wildman–Crippen MR) is 87.0 cm³/mol. The highest BCUT2D eigenvalue weighted by molar-refractivity contribution is 9.10. The van der Waals surface area contributed by atoms with Crippen molar-refractivity contribution in [2.24, 2.45) is 11.8 Å². The van der Waals surface area contributed by atoms with E-state index in [1.54, 1.807) is 0 Å². The molecule has 1 aliphatic rings. The monoisotopic (exact) mass is 337 g/mol. The highest BCUT2D eigenvalue weighted by Crippen LogP contribution is 2.26. The van der Waals surface area contributed by atoms with Crippen LogP contribution < -0.4 is 0 Å². The first-order valence-electron chi connectivity index (χ1n) is 7.54. The summed E-state index contributed by atoms with van der Waals surface area (Å²) in [5.74, 6) is 1.67. The molecule has 0 saturated carbocycles. The van der Waals surface area contributed by atoms with E-state index >= 15 is 0 Å². The van der Waals surface area contributed by atoms with Gasteiger partial charge in [0, 0.05) is 23.1 Å². The third-order valence-corrected chi connectivity index (χ3v) is 4.93. The van der Waals surface area contributed by atoms with E-state index in [1.165, 1.54) is 6.42 Å². The van der Waals surface area contributed by atoms with Crippen molar-refractivity contribution in [3.63, 3.8) is 0 Å². The second-order valence-corrected chi connectivity index (χ2v) is 7.10. The fourth-order valence-corrected chi connectivity index (χ4v) is 3.35. The molecule has 1 aromatic rings. The zero-order valence-electron chi connectivity index (χ0n) is 12.7. The summed E-state index contributed by atoms with van der Waals surface area (Å²) in [4.78, 5) is 14.7. The number of nitrogens with zero attached hydrogens (tertiary/aromatic N) is 1. The predicted octanol–water partition coefficient (Wildman–Crippen LogP) is 4.66. The third-order valence-electron chi connectivity index (χ3n) is 4.43. The Morgan fingerprint density at radius 1 is 1.30 bits per heavy atom. The summed E-state index contributed by atoms with van der Waals surface area (Å²) in [6.45, 7) is 8.39. The van der Waals surface area contributed by atoms with Gasteiger partial charge in [0.15, 0.2) is 0 Å². The van der Waals surface area contributed by atoms with Gasteiger partial charge in [-0.2, -0.15) is 0 Å². The van der Waals surface area contributed by atoms with Crippen molar-refractivity contribution < 1.29 is 4.79 Å². The average molecular weight is 338 g/mol. The second-order valence-electron chi connectivity index (χ2n) is 6.19. The molecule has 0 bridgehead atoms. The van der Waals surface area contributed by atoms with Crippen molar-refractivity contribution in [2.45, 2.75) is 40.0 Å². The Hall–Kier alpha value is -0.830. The van der Waals surface area contributed by atoms with Gasteiger partial charge in [0.05, 0.1) is 0 Å². The van der Waals surface area contributed by atoms with E-state index in [9.17, 15) is 4.79 Å². The van der Waals surface area contributed by atoms with Gasteiger partial charge in [0.2, 0.25) is 0 Å². The first-order chi connectivity index (χ1) is 9.49. The topological polar surface area (TPSA) is 20.3 Å². The number of hydrogen-bond acceptors (Lipinski definition) is 1. The molecule has 1 aromatic carbocycles. The van der Waals surface area contributed by atoms with Crippen LogP contribution in [0.3, 0.4) is 0 Å². The minimum absolute atomic E-state index is 0.188. The number of carbonyl (C=O) groups excluding carboxylic acids is 1. The van der Waals surface area contributed by atoms with Gasteiger partial charge >= 0.3 is 0 Å². The molecule has 0 aliphatic carbocycles. The Morgan fingerprint density at radius 2 is 2.05 bits per heavy atom. The van der Waals surface area contributed by atoms with E-state index in [-0.39, 0.29) is 5.91 Å². The van der Waals surface area contributed by atoms with E-state index in [4.69, 9.17) is 0 Å². The average Bonchev–Trinajstić information content (AvgIpc) is 2.66. The van der Waals surface area contributed by atoms with Gasteiger partial charge < -0.3 is 4.90 Å². The highest BCUT2D eigenvalue weighted by atomic mass is 79.9. The number of rotatable bonds is 2. The van der Waals surface area contributed by atoms with Crippen molar-refractivity contribution in [1.82, 2.24) is 4.90 Å². The molecule has 20 heavy (non-hydrogen) atoms. The lowest BCUT2D eigenvalue weighted by Crippen LogP contribution is -2.32. The first-order valence-corrected chi connectivity index (χ1v) is 8.33. The number of hydrogen-bond donors (Lipinski definition) is 0. The summed E-state index contributed by atoms with van der Waals surface area (Å²) in [5, 5.41) is 0. The van der Waals surface area contributed by atoms with Crippen molar-refractivity contribution in [2.75, 3.05) is 13.1 Å². The van der Waals surface area contributed by atoms with Gasteiger partial charge in [-0.15, -0.1) is 0 Å². The Morgan fingerprint density at radius 3 is 2.75 bits per heavy atom. The standard InChI is InChI=1S/C17H24BrNO/c1-12(2)14-5-4-9-19(10-8-14)17(20)16-11-15(18)7-6-13(16)3/h6-7,11-12,14H,4-5,8-10H2,1-3H3. The molecule has 2 nitrogen and oxygen atoms in total. The fourth-order valence-electron chi connectivity index (χ4n) is 2.99. The number of likely N-dealkylation sites (tertiary alicyclic amines) is 1. The van der Waals surface area contributed by atoms with E-state index in [0.29, 0.717) is 0 Å². The zero-order valence-corrected chi connectivity index (χ0v) is 14.2. The minimum Gasteiger partial charge on any atom is -0.339 e. The smallest absolute Gasteiger partial charge is 0.254 e. The molecule has 1 unspecified atom stereocenters. The van der Waals surface area contributed by atoms with Crippen LogP contribution in [0, 0.1) is 18.8 Å². The molecule has 1 saturated heterocycles. The molecule has 0 N–H and O–H groups in total. The Bertz CT molecular complexity index is 484. The Kier molecular flexibility index (Phi) is 5.25. The number of amides is 1. The summed E-state index contributed by atoms with van der Waals surface area (Å²) < 4.78 is 0.973. The number of carbonyl (C=O) groups is 1. The summed E-state index contributed by atoms with van der Waals surface area (Å²) >= 11 is 3.46. The molecule has 0 spiro atoms. The van der Waals surface area contributed by atoms with Crippen LogP contribution in [0.4, 0.5) is 0 Å². The molecule has 2 rings (SSSR count). The Labute approximate surface area is 130 Å². The molecule has 1 heterocycles. The molecule has 1 aliphatic heterocycles. The van der Waals surface area contributed by atoms with Crippen molar-refractivity contribution >= 4 is 21.8 Å². The maximum Gasteiger partial charge on any atom is 0.254 e. The Balaban J connectivity index is 2.11. The van der Waals surface area contributed by atoms with Crippen molar-refractivity contribution in [1.29, 1.82) is 0 Å². The van der Waals surface area contributed by atoms with E-state index in [1.807, 2.05) is 30.0 Å². The van der Waals surface area contributed by atoms with Gasteiger partial charge in [-0.05, 0) is 55.7 Å². The maximum atomic E-state index is 12.7. The molecule has 1 amide bonds. The summed E-state index contributed by atoms with van der Waals surface area (Å²) in [6.07, 6.45) is 3.51. The quantitative estimate of drug-likeness (QED) is 0.768. The van der Waals surface area contributed by atoms with Gasteiger partial charge in [-0.3, -0.25) is 4.79 Å². The van der Waals surface area contributed by atoms with E-state index in [0.717, 1.165) is 53.4 Å². The molecule has 3 heteroatoms. The summed E-state index contributed by atoms with van der Waals surface area (Å²) in [6, 6.07) is 5.94. The molecule has 0 aromatic heterocycles. The minimum atomic E-state index is 0.188. The van der Waals surface area contributed by atoms with Crippen molar-refractivity contribution in [3.05, 3.63) is 33.8 Å². The van der Waals surface area contributed by atoms with Crippen LogP contribution in [-0.4, -0.2) is 23.9 Å². The van der Waals surface area contributed by atoms with Crippen LogP contribution in [-0.2, 0) is 0 Å². The van der Waals surface area contributed by atoms with Crippen LogP contribution in [0.2, 0.25) is 0 Å². The maximum absolute atomic E-state index is 12.7. The van der Waals surface area contributed by atoms with Gasteiger partial charge in [-0.25, -0.2) is 0 Å². The number of benzene rings is 1. The highest BCUT2D eigenvalue weighted by Gasteiger charge is 2.23.